The van der Waals surface area contributed by atoms with Crippen molar-refractivity contribution in [2.45, 2.75) is 0 Å². The topological polar surface area (TPSA) is 60.9 Å². The van der Waals surface area contributed by atoms with E-state index in [0.29, 0.717) is 10.7 Å². The minimum atomic E-state index is -0.370. The van der Waals surface area contributed by atoms with Crippen LogP contribution in [-0.4, -0.2) is 9.55 Å². The molecule has 0 bridgehead atoms. The van der Waals surface area contributed by atoms with Gasteiger partial charge >= 0.3 is 0 Å². The molecule has 5 heteroatoms. The highest BCUT2D eigenvalue weighted by Gasteiger charge is 2.05. The maximum absolute atomic E-state index is 11.6. The van der Waals surface area contributed by atoms with Crippen LogP contribution in [0, 0.1) is 0 Å². The van der Waals surface area contributed by atoms with Crippen molar-refractivity contribution in [1.29, 1.82) is 0 Å². The summed E-state index contributed by atoms with van der Waals surface area (Å²) in [6.07, 6.45) is 2.99. The SMILES string of the molecule is Nc1nccn(-c2ccccc2Cl)c1=O. The second-order valence-electron chi connectivity index (χ2n) is 2.94. The maximum Gasteiger partial charge on any atom is 0.297 e. The lowest BCUT2D eigenvalue weighted by Gasteiger charge is -2.06. The standard InChI is InChI=1S/C10H8ClN3O/c11-7-3-1-2-4-8(7)14-6-5-13-9(12)10(14)15/h1-6H,(H2,12,13). The molecule has 2 N–H and O–H groups in total. The Labute approximate surface area is 90.9 Å². The Hall–Kier alpha value is -1.81. The quantitative estimate of drug-likeness (QED) is 0.793. The Kier molecular flexibility index (Phi) is 2.43. The lowest BCUT2D eigenvalue weighted by atomic mass is 10.3. The highest BCUT2D eigenvalue weighted by molar-refractivity contribution is 6.32. The molecule has 15 heavy (non-hydrogen) atoms. The first-order valence-corrected chi connectivity index (χ1v) is 4.66. The van der Waals surface area contributed by atoms with Crippen molar-refractivity contribution >= 4 is 17.4 Å². The molecular formula is C10H8ClN3O. The Morgan fingerprint density at radius 1 is 1.33 bits per heavy atom. The molecule has 0 amide bonds. The zero-order chi connectivity index (χ0) is 10.8. The Bertz CT molecular complexity index is 550. The van der Waals surface area contributed by atoms with Crippen molar-refractivity contribution in [1.82, 2.24) is 9.55 Å². The van der Waals surface area contributed by atoms with Crippen molar-refractivity contribution in [3.63, 3.8) is 0 Å². The number of nitrogens with zero attached hydrogens (tertiary/aromatic N) is 2. The predicted molar refractivity (Wildman–Crippen MR) is 59.3 cm³/mol. The van der Waals surface area contributed by atoms with Crippen LogP contribution in [0.3, 0.4) is 0 Å². The van der Waals surface area contributed by atoms with Gasteiger partial charge in [0.2, 0.25) is 0 Å². The van der Waals surface area contributed by atoms with Crippen LogP contribution in [0.25, 0.3) is 5.69 Å². The van der Waals surface area contributed by atoms with E-state index < -0.39 is 0 Å². The molecule has 1 heterocycles. The third-order valence-corrected chi connectivity index (χ3v) is 2.30. The fraction of sp³-hybridized carbons (Fsp3) is 0. The molecule has 0 atom stereocenters. The van der Waals surface area contributed by atoms with Gasteiger partial charge in [0.1, 0.15) is 0 Å². The number of aromatic nitrogens is 2. The van der Waals surface area contributed by atoms with E-state index in [1.54, 1.807) is 24.3 Å². The van der Waals surface area contributed by atoms with E-state index in [2.05, 4.69) is 4.98 Å². The van der Waals surface area contributed by atoms with Crippen LogP contribution < -0.4 is 11.3 Å². The van der Waals surface area contributed by atoms with Crippen LogP contribution in [0.4, 0.5) is 5.82 Å². The van der Waals surface area contributed by atoms with Gasteiger partial charge in [-0.1, -0.05) is 23.7 Å². The summed E-state index contributed by atoms with van der Waals surface area (Å²) in [5.74, 6) is -0.0441. The van der Waals surface area contributed by atoms with Crippen LogP contribution in [0.15, 0.2) is 41.5 Å². The first kappa shape index (κ1) is 9.73. The number of hydrogen-bond donors (Lipinski definition) is 1. The van der Waals surface area contributed by atoms with Crippen molar-refractivity contribution in [2.24, 2.45) is 0 Å². The molecule has 76 valence electrons. The van der Waals surface area contributed by atoms with Gasteiger partial charge in [-0.15, -0.1) is 0 Å². The van der Waals surface area contributed by atoms with Crippen LogP contribution in [0.1, 0.15) is 0 Å². The number of benzene rings is 1. The van der Waals surface area contributed by atoms with Crippen molar-refractivity contribution in [2.75, 3.05) is 5.73 Å². The summed E-state index contributed by atoms with van der Waals surface area (Å²) in [7, 11) is 0. The van der Waals surface area contributed by atoms with Gasteiger partial charge in [-0.2, -0.15) is 0 Å². The lowest BCUT2D eigenvalue weighted by molar-refractivity contribution is 0.964. The number of nitrogens with two attached hydrogens (primary N) is 1. The van der Waals surface area contributed by atoms with Gasteiger partial charge in [-0.25, -0.2) is 4.98 Å². The monoisotopic (exact) mass is 221 g/mol. The molecule has 2 aromatic rings. The summed E-state index contributed by atoms with van der Waals surface area (Å²) in [6, 6.07) is 7.04. The fourth-order valence-electron chi connectivity index (χ4n) is 1.26. The van der Waals surface area contributed by atoms with E-state index >= 15 is 0 Å². The van der Waals surface area contributed by atoms with E-state index in [-0.39, 0.29) is 11.4 Å². The molecule has 0 fully saturated rings. The van der Waals surface area contributed by atoms with Crippen molar-refractivity contribution in [3.8, 4) is 5.69 Å². The average molecular weight is 222 g/mol. The molecule has 1 aromatic heterocycles. The van der Waals surface area contributed by atoms with Gasteiger partial charge in [-0.05, 0) is 12.1 Å². The minimum absolute atomic E-state index is 0.0441. The predicted octanol–water partition coefficient (Wildman–Crippen LogP) is 1.47. The van der Waals surface area contributed by atoms with Gasteiger partial charge in [0.15, 0.2) is 5.82 Å². The van der Waals surface area contributed by atoms with E-state index in [4.69, 9.17) is 17.3 Å². The maximum atomic E-state index is 11.6. The molecule has 0 radical (unpaired) electrons. The third-order valence-electron chi connectivity index (χ3n) is 1.98. The van der Waals surface area contributed by atoms with E-state index in [0.717, 1.165) is 0 Å². The van der Waals surface area contributed by atoms with E-state index in [1.165, 1.54) is 17.0 Å². The van der Waals surface area contributed by atoms with Gasteiger partial charge < -0.3 is 5.73 Å². The summed E-state index contributed by atoms with van der Waals surface area (Å²) in [5.41, 5.74) is 5.65. The third kappa shape index (κ3) is 1.71. The molecule has 0 saturated heterocycles. The van der Waals surface area contributed by atoms with Gasteiger partial charge in [0, 0.05) is 12.4 Å². The smallest absolute Gasteiger partial charge is 0.297 e. The summed E-state index contributed by atoms with van der Waals surface area (Å²) in [5, 5.41) is 0.491. The molecule has 0 aliphatic carbocycles. The van der Waals surface area contributed by atoms with Crippen molar-refractivity contribution < 1.29 is 0 Å². The molecule has 0 spiro atoms. The molecule has 4 nitrogen and oxygen atoms in total. The molecule has 0 unspecified atom stereocenters. The number of rotatable bonds is 1. The van der Waals surface area contributed by atoms with Crippen LogP contribution in [0.2, 0.25) is 5.02 Å². The highest BCUT2D eigenvalue weighted by Crippen LogP contribution is 2.17. The van der Waals surface area contributed by atoms with Gasteiger partial charge in [0.25, 0.3) is 5.56 Å². The summed E-state index contributed by atoms with van der Waals surface area (Å²) >= 11 is 5.96. The summed E-state index contributed by atoms with van der Waals surface area (Å²) in [4.78, 5) is 15.3. The number of nitrogen functional groups attached to an aromatic ring is 1. The zero-order valence-corrected chi connectivity index (χ0v) is 8.48. The minimum Gasteiger partial charge on any atom is -0.379 e. The van der Waals surface area contributed by atoms with Crippen LogP contribution >= 0.6 is 11.6 Å². The lowest BCUT2D eigenvalue weighted by Crippen LogP contribution is -2.22. The van der Waals surface area contributed by atoms with Gasteiger partial charge in [0.05, 0.1) is 10.7 Å². The summed E-state index contributed by atoms with van der Waals surface area (Å²) in [6.45, 7) is 0. The molecule has 1 aromatic carbocycles. The van der Waals surface area contributed by atoms with E-state index in [1.807, 2.05) is 0 Å². The number of halogens is 1. The fourth-order valence-corrected chi connectivity index (χ4v) is 1.49. The van der Waals surface area contributed by atoms with Crippen LogP contribution in [-0.2, 0) is 0 Å². The second-order valence-corrected chi connectivity index (χ2v) is 3.35. The highest BCUT2D eigenvalue weighted by atomic mass is 35.5. The number of para-hydroxylation sites is 1. The Morgan fingerprint density at radius 3 is 2.80 bits per heavy atom. The van der Waals surface area contributed by atoms with E-state index in [9.17, 15) is 4.79 Å². The molecular weight excluding hydrogens is 214 g/mol. The molecule has 0 aliphatic heterocycles. The normalized spacial score (nSPS) is 10.2. The Balaban J connectivity index is 2.70. The number of anilines is 1. The van der Waals surface area contributed by atoms with Crippen LogP contribution in [0.5, 0.6) is 0 Å². The first-order valence-electron chi connectivity index (χ1n) is 4.28. The first-order chi connectivity index (χ1) is 7.20. The van der Waals surface area contributed by atoms with Crippen molar-refractivity contribution in [3.05, 3.63) is 52.0 Å². The molecule has 2 rings (SSSR count). The van der Waals surface area contributed by atoms with Gasteiger partial charge in [-0.3, -0.25) is 9.36 Å². The zero-order valence-electron chi connectivity index (χ0n) is 7.72. The summed E-state index contributed by atoms with van der Waals surface area (Å²) < 4.78 is 1.37. The average Bonchev–Trinajstić information content (AvgIpc) is 2.23. The number of hydrogen-bond acceptors (Lipinski definition) is 3. The molecule has 0 aliphatic rings. The molecule has 0 saturated carbocycles. The Morgan fingerprint density at radius 2 is 2.07 bits per heavy atom. The largest absolute Gasteiger partial charge is 0.379 e. The second kappa shape index (κ2) is 3.74.